The number of nitrogens with zero attached hydrogens (tertiary/aromatic N) is 1. The first-order valence-corrected chi connectivity index (χ1v) is 8.46. The highest BCUT2D eigenvalue weighted by atomic mass is 19.4. The fourth-order valence-electron chi connectivity index (χ4n) is 2.74. The van der Waals surface area contributed by atoms with Gasteiger partial charge in [0.05, 0.1) is 20.1 Å². The summed E-state index contributed by atoms with van der Waals surface area (Å²) in [6, 6.07) is 5.28. The summed E-state index contributed by atoms with van der Waals surface area (Å²) in [7, 11) is 1.50. The predicted molar refractivity (Wildman–Crippen MR) is 90.4 cm³/mol. The number of ether oxygens (including phenoxy) is 2. The SMILES string of the molecule is COc1ccccc1OCCC(=O)NCC(N1CCNCC1)C(F)(F)F. The summed E-state index contributed by atoms with van der Waals surface area (Å²) in [5, 5.41) is 5.38. The van der Waals surface area contributed by atoms with Crippen molar-refractivity contribution in [2.45, 2.75) is 18.6 Å². The van der Waals surface area contributed by atoms with Gasteiger partial charge >= 0.3 is 6.18 Å². The summed E-state index contributed by atoms with van der Waals surface area (Å²) in [5.74, 6) is 0.532. The van der Waals surface area contributed by atoms with Gasteiger partial charge in [0, 0.05) is 32.7 Å². The Labute approximate surface area is 150 Å². The Morgan fingerprint density at radius 2 is 1.92 bits per heavy atom. The number of amides is 1. The molecule has 0 spiro atoms. The molecule has 0 radical (unpaired) electrons. The van der Waals surface area contributed by atoms with E-state index in [1.54, 1.807) is 24.3 Å². The van der Waals surface area contributed by atoms with Crippen LogP contribution in [-0.4, -0.2) is 69.5 Å². The van der Waals surface area contributed by atoms with Gasteiger partial charge in [0.1, 0.15) is 6.04 Å². The van der Waals surface area contributed by atoms with Crippen molar-refractivity contribution < 1.29 is 27.4 Å². The molecule has 1 saturated heterocycles. The number of piperazine rings is 1. The largest absolute Gasteiger partial charge is 0.493 e. The van der Waals surface area contributed by atoms with Crippen LogP contribution in [0.2, 0.25) is 0 Å². The molecule has 0 saturated carbocycles. The molecule has 1 unspecified atom stereocenters. The van der Waals surface area contributed by atoms with E-state index in [9.17, 15) is 18.0 Å². The molecule has 0 aliphatic carbocycles. The van der Waals surface area contributed by atoms with Gasteiger partial charge in [0.25, 0.3) is 0 Å². The topological polar surface area (TPSA) is 62.8 Å². The zero-order valence-corrected chi connectivity index (χ0v) is 14.6. The molecule has 1 aromatic carbocycles. The average molecular weight is 375 g/mol. The molecule has 0 bridgehead atoms. The van der Waals surface area contributed by atoms with Crippen molar-refractivity contribution in [1.82, 2.24) is 15.5 Å². The van der Waals surface area contributed by atoms with Gasteiger partial charge in [0.15, 0.2) is 11.5 Å². The number of rotatable bonds is 8. The lowest BCUT2D eigenvalue weighted by Crippen LogP contribution is -2.57. The van der Waals surface area contributed by atoms with E-state index in [0.29, 0.717) is 37.7 Å². The maximum Gasteiger partial charge on any atom is 0.405 e. The third-order valence-electron chi connectivity index (χ3n) is 4.12. The maximum atomic E-state index is 13.3. The minimum atomic E-state index is -4.39. The van der Waals surface area contributed by atoms with E-state index in [0.717, 1.165) is 0 Å². The predicted octanol–water partition coefficient (Wildman–Crippen LogP) is 1.42. The van der Waals surface area contributed by atoms with Gasteiger partial charge in [-0.15, -0.1) is 0 Å². The highest BCUT2D eigenvalue weighted by molar-refractivity contribution is 5.76. The summed E-state index contributed by atoms with van der Waals surface area (Å²) in [6.07, 6.45) is -4.43. The Kier molecular flexibility index (Phi) is 7.52. The molecule has 146 valence electrons. The Morgan fingerprint density at radius 3 is 2.54 bits per heavy atom. The minimum absolute atomic E-state index is 0.0375. The molecule has 1 heterocycles. The fraction of sp³-hybridized carbons (Fsp3) is 0.588. The second-order valence-corrected chi connectivity index (χ2v) is 5.90. The zero-order valence-electron chi connectivity index (χ0n) is 14.6. The van der Waals surface area contributed by atoms with Crippen molar-refractivity contribution in [2.75, 3.05) is 46.4 Å². The van der Waals surface area contributed by atoms with Crippen LogP contribution >= 0.6 is 0 Å². The number of nitrogens with one attached hydrogen (secondary N) is 2. The molecule has 1 fully saturated rings. The normalized spacial score (nSPS) is 16.8. The molecule has 2 rings (SSSR count). The van der Waals surface area contributed by atoms with Crippen LogP contribution < -0.4 is 20.1 Å². The molecular formula is C17H24F3N3O3. The average Bonchev–Trinajstić information content (AvgIpc) is 2.62. The third kappa shape index (κ3) is 6.06. The number of carbonyl (C=O) groups excluding carboxylic acids is 1. The van der Waals surface area contributed by atoms with Crippen LogP contribution in [0, 0.1) is 0 Å². The molecule has 1 aromatic rings. The molecule has 1 amide bonds. The summed E-state index contributed by atoms with van der Waals surface area (Å²) < 4.78 is 50.4. The number of halogens is 3. The summed E-state index contributed by atoms with van der Waals surface area (Å²) >= 11 is 0. The maximum absolute atomic E-state index is 13.3. The van der Waals surface area contributed by atoms with Crippen molar-refractivity contribution in [3.05, 3.63) is 24.3 Å². The van der Waals surface area contributed by atoms with Crippen LogP contribution in [-0.2, 0) is 4.79 Å². The van der Waals surface area contributed by atoms with Crippen molar-refractivity contribution in [1.29, 1.82) is 0 Å². The van der Waals surface area contributed by atoms with E-state index in [1.165, 1.54) is 12.0 Å². The smallest absolute Gasteiger partial charge is 0.405 e. The van der Waals surface area contributed by atoms with Gasteiger partial charge < -0.3 is 20.1 Å². The van der Waals surface area contributed by atoms with Crippen LogP contribution in [0.25, 0.3) is 0 Å². The van der Waals surface area contributed by atoms with Crippen molar-refractivity contribution in [3.63, 3.8) is 0 Å². The lowest BCUT2D eigenvalue weighted by Gasteiger charge is -2.35. The summed E-state index contributed by atoms with van der Waals surface area (Å²) in [6.45, 7) is 1.21. The molecule has 1 aliphatic rings. The molecule has 9 heteroatoms. The number of methoxy groups -OCH3 is 1. The summed E-state index contributed by atoms with van der Waals surface area (Å²) in [5.41, 5.74) is 0. The fourth-order valence-corrected chi connectivity index (χ4v) is 2.74. The molecule has 2 N–H and O–H groups in total. The molecule has 6 nitrogen and oxygen atoms in total. The quantitative estimate of drug-likeness (QED) is 0.720. The molecule has 1 aliphatic heterocycles. The Bertz CT molecular complexity index is 578. The highest BCUT2D eigenvalue weighted by Crippen LogP contribution is 2.26. The molecule has 0 aromatic heterocycles. The number of carbonyl (C=O) groups is 1. The number of hydrogen-bond donors (Lipinski definition) is 2. The van der Waals surface area contributed by atoms with Gasteiger partial charge in [-0.25, -0.2) is 0 Å². The Hall–Kier alpha value is -2.00. The van der Waals surface area contributed by atoms with Gasteiger partial charge in [0.2, 0.25) is 5.91 Å². The van der Waals surface area contributed by atoms with E-state index >= 15 is 0 Å². The molecular weight excluding hydrogens is 351 g/mol. The number of hydrogen-bond acceptors (Lipinski definition) is 5. The van der Waals surface area contributed by atoms with E-state index in [2.05, 4.69) is 10.6 Å². The first-order valence-electron chi connectivity index (χ1n) is 8.46. The number of para-hydroxylation sites is 2. The molecule has 26 heavy (non-hydrogen) atoms. The standard InChI is InChI=1S/C17H24F3N3O3/c1-25-13-4-2-3-5-14(13)26-11-6-16(24)22-12-15(17(18,19)20)23-9-7-21-8-10-23/h2-5,15,21H,6-12H2,1H3,(H,22,24). The Morgan fingerprint density at radius 1 is 1.27 bits per heavy atom. The van der Waals surface area contributed by atoms with E-state index in [1.807, 2.05) is 0 Å². The zero-order chi connectivity index (χ0) is 19.0. The third-order valence-corrected chi connectivity index (χ3v) is 4.12. The highest BCUT2D eigenvalue weighted by Gasteiger charge is 2.43. The lowest BCUT2D eigenvalue weighted by molar-refractivity contribution is -0.184. The van der Waals surface area contributed by atoms with Crippen molar-refractivity contribution in [3.8, 4) is 11.5 Å². The first kappa shape index (κ1) is 20.3. The second kappa shape index (κ2) is 9.63. The summed E-state index contributed by atoms with van der Waals surface area (Å²) in [4.78, 5) is 13.2. The van der Waals surface area contributed by atoms with E-state index < -0.39 is 24.7 Å². The van der Waals surface area contributed by atoms with E-state index in [-0.39, 0.29) is 13.0 Å². The van der Waals surface area contributed by atoms with Crippen molar-refractivity contribution in [2.24, 2.45) is 0 Å². The van der Waals surface area contributed by atoms with E-state index in [4.69, 9.17) is 9.47 Å². The van der Waals surface area contributed by atoms with Gasteiger partial charge in [-0.3, -0.25) is 9.69 Å². The van der Waals surface area contributed by atoms with Crippen LogP contribution in [0.5, 0.6) is 11.5 Å². The van der Waals surface area contributed by atoms with Gasteiger partial charge in [-0.1, -0.05) is 12.1 Å². The molecule has 1 atom stereocenters. The second-order valence-electron chi connectivity index (χ2n) is 5.90. The van der Waals surface area contributed by atoms with Gasteiger partial charge in [-0.05, 0) is 12.1 Å². The van der Waals surface area contributed by atoms with Crippen LogP contribution in [0.4, 0.5) is 13.2 Å². The number of benzene rings is 1. The van der Waals surface area contributed by atoms with Crippen molar-refractivity contribution >= 4 is 5.91 Å². The minimum Gasteiger partial charge on any atom is -0.493 e. The van der Waals surface area contributed by atoms with Crippen LogP contribution in [0.15, 0.2) is 24.3 Å². The van der Waals surface area contributed by atoms with Crippen LogP contribution in [0.3, 0.4) is 0 Å². The van der Waals surface area contributed by atoms with Gasteiger partial charge in [-0.2, -0.15) is 13.2 Å². The Balaban J connectivity index is 1.78. The number of alkyl halides is 3. The first-order chi connectivity index (χ1) is 12.4. The van der Waals surface area contributed by atoms with Crippen LogP contribution in [0.1, 0.15) is 6.42 Å². The monoisotopic (exact) mass is 375 g/mol. The lowest BCUT2D eigenvalue weighted by atomic mass is 10.2.